The highest BCUT2D eigenvalue weighted by molar-refractivity contribution is 5.92. The molecule has 0 radical (unpaired) electrons. The summed E-state index contributed by atoms with van der Waals surface area (Å²) in [7, 11) is 0. The molecule has 2 aromatic carbocycles. The molecule has 0 aliphatic heterocycles. The molecule has 1 aliphatic rings. The fourth-order valence-electron chi connectivity index (χ4n) is 2.79. The Labute approximate surface area is 128 Å². The summed E-state index contributed by atoms with van der Waals surface area (Å²) < 4.78 is 5.33. The number of fused-ring (bicyclic) bond motifs is 1. The lowest BCUT2D eigenvalue weighted by molar-refractivity contribution is -0.127. The number of carbonyl (C=O) groups is 2. The molecule has 1 amide bonds. The van der Waals surface area contributed by atoms with E-state index >= 15 is 0 Å². The van der Waals surface area contributed by atoms with E-state index < -0.39 is 18.0 Å². The first-order valence-electron chi connectivity index (χ1n) is 7.32. The van der Waals surface area contributed by atoms with Gasteiger partial charge < -0.3 is 10.5 Å². The highest BCUT2D eigenvalue weighted by Crippen LogP contribution is 2.24. The van der Waals surface area contributed by atoms with E-state index in [2.05, 4.69) is 0 Å². The first-order valence-corrected chi connectivity index (χ1v) is 7.32. The van der Waals surface area contributed by atoms with Crippen LogP contribution in [-0.2, 0) is 22.4 Å². The van der Waals surface area contributed by atoms with Gasteiger partial charge in [0, 0.05) is 5.56 Å². The number of aryl methyl sites for hydroxylation is 2. The third-order valence-corrected chi connectivity index (χ3v) is 3.92. The van der Waals surface area contributed by atoms with E-state index in [0.29, 0.717) is 11.1 Å². The van der Waals surface area contributed by atoms with E-state index in [1.165, 1.54) is 11.1 Å². The zero-order chi connectivity index (χ0) is 15.5. The van der Waals surface area contributed by atoms with Crippen molar-refractivity contribution < 1.29 is 14.3 Å². The lowest BCUT2D eigenvalue weighted by atomic mass is 10.1. The molecule has 0 saturated heterocycles. The predicted molar refractivity (Wildman–Crippen MR) is 82.3 cm³/mol. The number of hydrogen-bond donors (Lipinski definition) is 1. The van der Waals surface area contributed by atoms with Gasteiger partial charge in [0.25, 0.3) is 5.91 Å². The second kappa shape index (κ2) is 6.02. The third kappa shape index (κ3) is 2.86. The van der Waals surface area contributed by atoms with Gasteiger partial charge in [-0.2, -0.15) is 0 Å². The van der Waals surface area contributed by atoms with Crippen LogP contribution in [0.2, 0.25) is 0 Å². The van der Waals surface area contributed by atoms with Gasteiger partial charge in [-0.1, -0.05) is 36.4 Å². The van der Waals surface area contributed by atoms with Crippen molar-refractivity contribution in [2.75, 3.05) is 0 Å². The Balaban J connectivity index is 1.81. The van der Waals surface area contributed by atoms with Crippen LogP contribution < -0.4 is 5.73 Å². The molecule has 0 fully saturated rings. The van der Waals surface area contributed by atoms with Gasteiger partial charge in [-0.15, -0.1) is 0 Å². The molecule has 1 atom stereocenters. The summed E-state index contributed by atoms with van der Waals surface area (Å²) in [6.45, 7) is 0. The van der Waals surface area contributed by atoms with Gasteiger partial charge in [0.1, 0.15) is 0 Å². The van der Waals surface area contributed by atoms with Crippen LogP contribution in [0.4, 0.5) is 0 Å². The normalized spacial score (nSPS) is 14.2. The van der Waals surface area contributed by atoms with E-state index in [1.54, 1.807) is 30.3 Å². The zero-order valence-electron chi connectivity index (χ0n) is 12.1. The highest BCUT2D eigenvalue weighted by atomic mass is 16.5. The third-order valence-electron chi connectivity index (χ3n) is 3.92. The fourth-order valence-corrected chi connectivity index (χ4v) is 2.79. The molecule has 112 valence electrons. The number of esters is 1. The number of ether oxygens (including phenoxy) is 1. The van der Waals surface area contributed by atoms with Crippen molar-refractivity contribution in [3.8, 4) is 0 Å². The van der Waals surface area contributed by atoms with Crippen LogP contribution in [0, 0.1) is 0 Å². The van der Waals surface area contributed by atoms with Gasteiger partial charge in [0.15, 0.2) is 0 Å². The van der Waals surface area contributed by atoms with E-state index in [0.717, 1.165) is 19.3 Å². The minimum Gasteiger partial charge on any atom is -0.444 e. The van der Waals surface area contributed by atoms with E-state index in [9.17, 15) is 9.59 Å². The minimum atomic E-state index is -1.07. The van der Waals surface area contributed by atoms with Gasteiger partial charge in [-0.25, -0.2) is 4.79 Å². The molecule has 0 heterocycles. The lowest BCUT2D eigenvalue weighted by Crippen LogP contribution is -2.26. The van der Waals surface area contributed by atoms with Gasteiger partial charge in [-0.05, 0) is 42.5 Å². The lowest BCUT2D eigenvalue weighted by Gasteiger charge is -2.15. The van der Waals surface area contributed by atoms with Crippen molar-refractivity contribution in [3.63, 3.8) is 0 Å². The molecule has 4 nitrogen and oxygen atoms in total. The van der Waals surface area contributed by atoms with Crippen molar-refractivity contribution in [2.24, 2.45) is 5.73 Å². The van der Waals surface area contributed by atoms with Crippen LogP contribution in [-0.4, -0.2) is 11.9 Å². The number of hydrogen-bond acceptors (Lipinski definition) is 3. The van der Waals surface area contributed by atoms with Gasteiger partial charge >= 0.3 is 5.97 Å². The Bertz CT molecular complexity index is 710. The van der Waals surface area contributed by atoms with E-state index in [-0.39, 0.29) is 0 Å². The van der Waals surface area contributed by atoms with Gasteiger partial charge in [-0.3, -0.25) is 4.79 Å². The first kappa shape index (κ1) is 14.3. The van der Waals surface area contributed by atoms with Crippen molar-refractivity contribution in [1.29, 1.82) is 0 Å². The van der Waals surface area contributed by atoms with Crippen LogP contribution in [0.5, 0.6) is 0 Å². The molecule has 22 heavy (non-hydrogen) atoms. The quantitative estimate of drug-likeness (QED) is 0.881. The van der Waals surface area contributed by atoms with Gasteiger partial charge in [0.2, 0.25) is 6.10 Å². The molecule has 1 unspecified atom stereocenters. The number of benzene rings is 2. The zero-order valence-corrected chi connectivity index (χ0v) is 12.1. The number of rotatable bonds is 4. The van der Waals surface area contributed by atoms with Crippen molar-refractivity contribution >= 4 is 11.9 Å². The number of amides is 1. The summed E-state index contributed by atoms with van der Waals surface area (Å²) in [5.41, 5.74) is 8.87. The topological polar surface area (TPSA) is 69.4 Å². The largest absolute Gasteiger partial charge is 0.444 e. The average molecular weight is 295 g/mol. The number of primary amides is 1. The van der Waals surface area contributed by atoms with E-state index in [1.807, 2.05) is 18.2 Å². The Morgan fingerprint density at radius 1 is 1.00 bits per heavy atom. The van der Waals surface area contributed by atoms with Crippen molar-refractivity contribution in [2.45, 2.75) is 25.4 Å². The molecule has 2 aromatic rings. The predicted octanol–water partition coefficient (Wildman–Crippen LogP) is 2.56. The maximum Gasteiger partial charge on any atom is 0.339 e. The SMILES string of the molecule is NC(=O)C(OC(=O)c1ccc2c(c1)CCC2)c1ccccc1. The van der Waals surface area contributed by atoms with Crippen LogP contribution >= 0.6 is 0 Å². The maximum atomic E-state index is 12.3. The molecular formula is C18H17NO3. The second-order valence-corrected chi connectivity index (χ2v) is 5.44. The Hall–Kier alpha value is -2.62. The van der Waals surface area contributed by atoms with Crippen LogP contribution in [0.25, 0.3) is 0 Å². The molecular weight excluding hydrogens is 278 g/mol. The molecule has 0 aromatic heterocycles. The molecule has 0 bridgehead atoms. The smallest absolute Gasteiger partial charge is 0.339 e. The van der Waals surface area contributed by atoms with E-state index in [4.69, 9.17) is 10.5 Å². The molecule has 1 aliphatic carbocycles. The highest BCUT2D eigenvalue weighted by Gasteiger charge is 2.24. The maximum absolute atomic E-state index is 12.3. The molecule has 2 N–H and O–H groups in total. The Kier molecular flexibility index (Phi) is 3.92. The summed E-state index contributed by atoms with van der Waals surface area (Å²) in [5, 5.41) is 0. The monoisotopic (exact) mass is 295 g/mol. The standard InChI is InChI=1S/C18H17NO3/c19-17(20)16(13-5-2-1-3-6-13)22-18(21)15-10-9-12-7-4-8-14(12)11-15/h1-3,5-6,9-11,16H,4,7-8H2,(H2,19,20). The van der Waals surface area contributed by atoms with Crippen LogP contribution in [0.1, 0.15) is 39.6 Å². The summed E-state index contributed by atoms with van der Waals surface area (Å²) in [6.07, 6.45) is 2.08. The number of carbonyl (C=O) groups excluding carboxylic acids is 2. The number of nitrogens with two attached hydrogens (primary N) is 1. The first-order chi connectivity index (χ1) is 10.6. The average Bonchev–Trinajstić information content (AvgIpc) is 3.00. The van der Waals surface area contributed by atoms with Crippen molar-refractivity contribution in [1.82, 2.24) is 0 Å². The Morgan fingerprint density at radius 3 is 2.45 bits per heavy atom. The fraction of sp³-hybridized carbons (Fsp3) is 0.222. The summed E-state index contributed by atoms with van der Waals surface area (Å²) in [6, 6.07) is 14.4. The second-order valence-electron chi connectivity index (χ2n) is 5.44. The molecule has 4 heteroatoms. The summed E-state index contributed by atoms with van der Waals surface area (Å²) >= 11 is 0. The molecule has 3 rings (SSSR count). The Morgan fingerprint density at radius 2 is 1.73 bits per heavy atom. The molecule has 0 saturated carbocycles. The molecule has 0 spiro atoms. The summed E-state index contributed by atoms with van der Waals surface area (Å²) in [5.74, 6) is -1.21. The summed E-state index contributed by atoms with van der Waals surface area (Å²) in [4.78, 5) is 23.9. The van der Waals surface area contributed by atoms with Crippen LogP contribution in [0.3, 0.4) is 0 Å². The van der Waals surface area contributed by atoms with Crippen molar-refractivity contribution in [3.05, 3.63) is 70.8 Å². The van der Waals surface area contributed by atoms with Crippen LogP contribution in [0.15, 0.2) is 48.5 Å². The van der Waals surface area contributed by atoms with Gasteiger partial charge in [0.05, 0.1) is 5.56 Å². The minimum absolute atomic E-state index is 0.461.